The lowest BCUT2D eigenvalue weighted by Crippen LogP contribution is -2.14. The predicted molar refractivity (Wildman–Crippen MR) is 66.6 cm³/mol. The van der Waals surface area contributed by atoms with E-state index in [0.29, 0.717) is 5.95 Å². The van der Waals surface area contributed by atoms with Gasteiger partial charge in [-0.25, -0.2) is 27.8 Å². The molecule has 0 aliphatic rings. The van der Waals surface area contributed by atoms with Gasteiger partial charge in [0.1, 0.15) is 16.5 Å². The molecule has 0 aromatic carbocycles. The van der Waals surface area contributed by atoms with Crippen molar-refractivity contribution in [3.8, 4) is 0 Å². The van der Waals surface area contributed by atoms with Crippen molar-refractivity contribution in [3.63, 3.8) is 0 Å². The highest BCUT2D eigenvalue weighted by Gasteiger charge is 2.16. The Balaban J connectivity index is 2.24. The molecule has 0 saturated carbocycles. The predicted octanol–water partition coefficient (Wildman–Crippen LogP) is 0.853. The lowest BCUT2D eigenvalue weighted by molar-refractivity contribution is 0.599. The maximum Gasteiger partial charge on any atom is 0.266 e. The Labute approximate surface area is 109 Å². The molecule has 0 atom stereocenters. The summed E-state index contributed by atoms with van der Waals surface area (Å²) >= 11 is 0. The van der Waals surface area contributed by atoms with E-state index in [0.717, 1.165) is 24.7 Å². The van der Waals surface area contributed by atoms with E-state index in [1.165, 1.54) is 6.07 Å². The van der Waals surface area contributed by atoms with E-state index in [1.54, 1.807) is 7.05 Å². The Hall–Kier alpha value is -2.29. The molecule has 2 rings (SSSR count). The minimum atomic E-state index is -3.84. The topological polar surface area (TPSA) is 96.9 Å². The van der Waals surface area contributed by atoms with Gasteiger partial charge in [-0.2, -0.15) is 0 Å². The van der Waals surface area contributed by atoms with Crippen LogP contribution in [0.5, 0.6) is 0 Å². The second-order valence-corrected chi connectivity index (χ2v) is 5.14. The van der Waals surface area contributed by atoms with Gasteiger partial charge in [-0.15, -0.1) is 0 Å². The fraction of sp³-hybridized carbons (Fsp3) is 0.100. The van der Waals surface area contributed by atoms with Crippen molar-refractivity contribution < 1.29 is 12.8 Å². The molecule has 0 aliphatic heterocycles. The minimum absolute atomic E-state index is 0.0130. The molecule has 0 aliphatic carbocycles. The van der Waals surface area contributed by atoms with Crippen LogP contribution >= 0.6 is 0 Å². The number of anilines is 2. The van der Waals surface area contributed by atoms with Crippen molar-refractivity contribution in [2.75, 3.05) is 17.1 Å². The van der Waals surface area contributed by atoms with Gasteiger partial charge in [0.05, 0.1) is 18.6 Å². The molecule has 0 spiro atoms. The number of nitrogens with zero attached hydrogens (tertiary/aromatic N) is 3. The van der Waals surface area contributed by atoms with Crippen LogP contribution in [0.3, 0.4) is 0 Å². The number of hydrogen-bond acceptors (Lipinski definition) is 6. The van der Waals surface area contributed by atoms with E-state index in [2.05, 4.69) is 25.0 Å². The maximum absolute atomic E-state index is 12.7. The molecular weight excluding hydrogens is 273 g/mol. The average molecular weight is 283 g/mol. The molecular formula is C10H10FN5O2S. The Bertz CT molecular complexity index is 657. The molecule has 2 aromatic heterocycles. The summed E-state index contributed by atoms with van der Waals surface area (Å²) < 4.78 is 38.7. The van der Waals surface area contributed by atoms with Gasteiger partial charge in [0, 0.05) is 7.05 Å². The van der Waals surface area contributed by atoms with Gasteiger partial charge in [0.25, 0.3) is 10.0 Å². The Kier molecular flexibility index (Phi) is 3.56. The van der Waals surface area contributed by atoms with Crippen LogP contribution in [-0.4, -0.2) is 30.4 Å². The van der Waals surface area contributed by atoms with Gasteiger partial charge < -0.3 is 5.32 Å². The average Bonchev–Trinajstić information content (AvgIpc) is 2.41. The SMILES string of the molecule is CNc1ncc(S(=O)(=O)Nc2ccc(F)cn2)cn1. The summed E-state index contributed by atoms with van der Waals surface area (Å²) in [6.07, 6.45) is 3.23. The number of pyridine rings is 1. The van der Waals surface area contributed by atoms with E-state index in [-0.39, 0.29) is 10.7 Å². The second kappa shape index (κ2) is 5.14. The van der Waals surface area contributed by atoms with Gasteiger partial charge in [-0.3, -0.25) is 4.72 Å². The molecule has 2 N–H and O–H groups in total. The minimum Gasteiger partial charge on any atom is -0.357 e. The lowest BCUT2D eigenvalue weighted by atomic mass is 10.5. The first-order valence-electron chi connectivity index (χ1n) is 5.15. The van der Waals surface area contributed by atoms with Crippen molar-refractivity contribution in [3.05, 3.63) is 36.5 Å². The van der Waals surface area contributed by atoms with E-state index in [1.807, 2.05) is 0 Å². The third kappa shape index (κ3) is 3.13. The van der Waals surface area contributed by atoms with E-state index in [9.17, 15) is 12.8 Å². The monoisotopic (exact) mass is 283 g/mol. The van der Waals surface area contributed by atoms with Crippen LogP contribution in [-0.2, 0) is 10.0 Å². The first-order valence-corrected chi connectivity index (χ1v) is 6.64. The highest BCUT2D eigenvalue weighted by atomic mass is 32.2. The van der Waals surface area contributed by atoms with Gasteiger partial charge in [-0.05, 0) is 12.1 Å². The molecule has 0 bridgehead atoms. The van der Waals surface area contributed by atoms with Crippen LogP contribution in [0.4, 0.5) is 16.2 Å². The standard InChI is InChI=1S/C10H10FN5O2S/c1-12-10-14-5-8(6-15-10)19(17,18)16-9-3-2-7(11)4-13-9/h2-6H,1H3,(H,13,16)(H,12,14,15). The summed E-state index contributed by atoms with van der Waals surface area (Å²) in [6.45, 7) is 0. The highest BCUT2D eigenvalue weighted by Crippen LogP contribution is 2.13. The summed E-state index contributed by atoms with van der Waals surface area (Å²) in [6, 6.07) is 2.32. The van der Waals surface area contributed by atoms with Crippen molar-refractivity contribution in [1.82, 2.24) is 15.0 Å². The van der Waals surface area contributed by atoms with Crippen LogP contribution < -0.4 is 10.0 Å². The zero-order valence-corrected chi connectivity index (χ0v) is 10.6. The quantitative estimate of drug-likeness (QED) is 0.863. The molecule has 9 heteroatoms. The van der Waals surface area contributed by atoms with Crippen molar-refractivity contribution >= 4 is 21.8 Å². The van der Waals surface area contributed by atoms with Crippen LogP contribution in [0.25, 0.3) is 0 Å². The first kappa shape index (κ1) is 13.1. The number of hydrogen-bond donors (Lipinski definition) is 2. The zero-order valence-electron chi connectivity index (χ0n) is 9.83. The summed E-state index contributed by atoms with van der Waals surface area (Å²) in [4.78, 5) is 11.1. The Morgan fingerprint density at radius 2 is 1.79 bits per heavy atom. The fourth-order valence-corrected chi connectivity index (χ4v) is 2.11. The van der Waals surface area contributed by atoms with Crippen LogP contribution in [0.15, 0.2) is 35.6 Å². The van der Waals surface area contributed by atoms with Crippen molar-refractivity contribution in [2.24, 2.45) is 0 Å². The lowest BCUT2D eigenvalue weighted by Gasteiger charge is -2.06. The van der Waals surface area contributed by atoms with Crippen molar-refractivity contribution in [2.45, 2.75) is 4.90 Å². The normalized spacial score (nSPS) is 11.1. The van der Waals surface area contributed by atoms with Crippen LogP contribution in [0.2, 0.25) is 0 Å². The summed E-state index contributed by atoms with van der Waals surface area (Å²) in [5.74, 6) is -0.234. The molecule has 2 aromatic rings. The zero-order chi connectivity index (χ0) is 13.9. The van der Waals surface area contributed by atoms with E-state index < -0.39 is 15.8 Å². The molecule has 100 valence electrons. The maximum atomic E-state index is 12.7. The molecule has 0 radical (unpaired) electrons. The van der Waals surface area contributed by atoms with Crippen LogP contribution in [0.1, 0.15) is 0 Å². The molecule has 7 nitrogen and oxygen atoms in total. The third-order valence-electron chi connectivity index (χ3n) is 2.13. The third-order valence-corrected chi connectivity index (χ3v) is 3.44. The number of nitrogens with one attached hydrogen (secondary N) is 2. The fourth-order valence-electron chi connectivity index (χ4n) is 1.22. The summed E-state index contributed by atoms with van der Waals surface area (Å²) in [5, 5.41) is 2.67. The van der Waals surface area contributed by atoms with E-state index in [4.69, 9.17) is 0 Å². The van der Waals surface area contributed by atoms with Crippen LogP contribution in [0, 0.1) is 5.82 Å². The first-order chi connectivity index (χ1) is 9.01. The largest absolute Gasteiger partial charge is 0.357 e. The molecule has 2 heterocycles. The number of aromatic nitrogens is 3. The number of halogens is 1. The molecule has 0 saturated heterocycles. The molecule has 19 heavy (non-hydrogen) atoms. The molecule has 0 amide bonds. The number of sulfonamides is 1. The number of rotatable bonds is 4. The highest BCUT2D eigenvalue weighted by molar-refractivity contribution is 7.92. The van der Waals surface area contributed by atoms with Gasteiger partial charge in [-0.1, -0.05) is 0 Å². The second-order valence-electron chi connectivity index (χ2n) is 3.46. The molecule has 0 fully saturated rings. The van der Waals surface area contributed by atoms with Gasteiger partial charge in [0.2, 0.25) is 5.95 Å². The van der Waals surface area contributed by atoms with Gasteiger partial charge >= 0.3 is 0 Å². The van der Waals surface area contributed by atoms with Gasteiger partial charge in [0.15, 0.2) is 0 Å². The smallest absolute Gasteiger partial charge is 0.266 e. The summed E-state index contributed by atoms with van der Waals surface area (Å²) in [5.41, 5.74) is 0. The molecule has 0 unspecified atom stereocenters. The summed E-state index contributed by atoms with van der Waals surface area (Å²) in [7, 11) is -2.22. The Morgan fingerprint density at radius 1 is 1.11 bits per heavy atom. The Morgan fingerprint density at radius 3 is 2.32 bits per heavy atom. The van der Waals surface area contributed by atoms with Crippen molar-refractivity contribution in [1.29, 1.82) is 0 Å². The van der Waals surface area contributed by atoms with E-state index >= 15 is 0 Å².